The fourth-order valence-corrected chi connectivity index (χ4v) is 5.21. The van der Waals surface area contributed by atoms with E-state index in [9.17, 15) is 19.5 Å². The third kappa shape index (κ3) is 7.23. The van der Waals surface area contributed by atoms with Crippen LogP contribution >= 0.6 is 0 Å². The predicted molar refractivity (Wildman–Crippen MR) is 165 cm³/mol. The first-order valence-electron chi connectivity index (χ1n) is 14.6. The van der Waals surface area contributed by atoms with Crippen LogP contribution in [0.2, 0.25) is 0 Å². The molecule has 0 radical (unpaired) electrons. The van der Waals surface area contributed by atoms with Crippen LogP contribution < -0.4 is 30.2 Å². The highest BCUT2D eigenvalue weighted by Crippen LogP contribution is 2.34. The molecule has 3 atom stereocenters. The zero-order valence-corrected chi connectivity index (χ0v) is 25.9. The minimum absolute atomic E-state index is 0.0133. The lowest BCUT2D eigenvalue weighted by molar-refractivity contribution is -0.134. The van der Waals surface area contributed by atoms with E-state index in [4.69, 9.17) is 18.7 Å². The summed E-state index contributed by atoms with van der Waals surface area (Å²) in [5.41, 5.74) is 2.57. The van der Waals surface area contributed by atoms with E-state index < -0.39 is 18.2 Å². The van der Waals surface area contributed by atoms with Crippen molar-refractivity contribution in [1.82, 2.24) is 15.0 Å². The molecule has 0 bridgehead atoms. The van der Waals surface area contributed by atoms with Gasteiger partial charge in [-0.05, 0) is 51.1 Å². The Morgan fingerprint density at radius 2 is 1.78 bits per heavy atom. The number of aliphatic hydroxyl groups excluding tert-OH is 1. The number of aliphatic hydroxyl groups is 1. The van der Waals surface area contributed by atoms with Crippen molar-refractivity contribution < 1.29 is 38.2 Å². The first kappa shape index (κ1) is 31.4. The van der Waals surface area contributed by atoms with Gasteiger partial charge in [0.05, 0.1) is 25.6 Å². The van der Waals surface area contributed by atoms with Crippen LogP contribution in [0.3, 0.4) is 0 Å². The largest absolute Gasteiger partial charge is 0.488 e. The van der Waals surface area contributed by atoms with E-state index in [1.165, 1.54) is 4.90 Å². The Balaban J connectivity index is 1.34. The minimum Gasteiger partial charge on any atom is -0.488 e. The average molecular weight is 623 g/mol. The van der Waals surface area contributed by atoms with Crippen LogP contribution in [-0.4, -0.2) is 83.7 Å². The molecule has 0 saturated heterocycles. The lowest BCUT2D eigenvalue weighted by Crippen LogP contribution is -2.48. The van der Waals surface area contributed by atoms with Crippen molar-refractivity contribution in [3.63, 3.8) is 0 Å². The summed E-state index contributed by atoms with van der Waals surface area (Å²) in [6.07, 6.45) is -0.530. The molecule has 0 saturated carbocycles. The van der Waals surface area contributed by atoms with Crippen LogP contribution in [0.25, 0.3) is 0 Å². The van der Waals surface area contributed by atoms with Crippen LogP contribution in [-0.2, 0) is 11.2 Å². The van der Waals surface area contributed by atoms with Crippen LogP contribution in [0.5, 0.6) is 17.2 Å². The summed E-state index contributed by atoms with van der Waals surface area (Å²) >= 11 is 0. The molecule has 14 heteroatoms. The Morgan fingerprint density at radius 3 is 2.49 bits per heavy atom. The second-order valence-electron chi connectivity index (χ2n) is 11.4. The summed E-state index contributed by atoms with van der Waals surface area (Å²) in [5, 5.41) is 22.2. The first-order chi connectivity index (χ1) is 21.5. The number of anilines is 3. The number of nitrogens with zero attached hydrogens (tertiary/aromatic N) is 3. The van der Waals surface area contributed by atoms with Crippen LogP contribution in [0.4, 0.5) is 26.7 Å². The van der Waals surface area contributed by atoms with Gasteiger partial charge in [0.1, 0.15) is 23.2 Å². The topological polar surface area (TPSA) is 168 Å². The number of benzene rings is 2. The maximum Gasteiger partial charge on any atom is 0.323 e. The molecule has 0 spiro atoms. The second kappa shape index (κ2) is 13.3. The molecular formula is C31H38N6O8. The molecule has 2 aliphatic heterocycles. The number of rotatable bonds is 7. The molecule has 4 N–H and O–H groups in total. The molecule has 3 aromatic rings. The summed E-state index contributed by atoms with van der Waals surface area (Å²) < 4.78 is 22.4. The number of ether oxygens (including phenoxy) is 3. The summed E-state index contributed by atoms with van der Waals surface area (Å²) in [5.74, 6) is 1.69. The number of amides is 5. The van der Waals surface area contributed by atoms with Crippen LogP contribution in [0, 0.1) is 19.8 Å². The van der Waals surface area contributed by atoms with Crippen molar-refractivity contribution in [2.45, 2.75) is 46.3 Å². The van der Waals surface area contributed by atoms with Gasteiger partial charge in [0, 0.05) is 42.5 Å². The van der Waals surface area contributed by atoms with E-state index in [1.807, 2.05) is 6.92 Å². The van der Waals surface area contributed by atoms with Crippen molar-refractivity contribution in [1.29, 1.82) is 0 Å². The number of carbonyl (C=O) groups is 3. The summed E-state index contributed by atoms with van der Waals surface area (Å²) in [6, 6.07) is 8.93. The van der Waals surface area contributed by atoms with E-state index in [0.717, 1.165) is 0 Å². The number of carbonyl (C=O) groups excluding carboxylic acids is 3. The number of urea groups is 2. The smallest absolute Gasteiger partial charge is 0.323 e. The minimum atomic E-state index is -0.516. The van der Waals surface area contributed by atoms with E-state index in [-0.39, 0.29) is 44.2 Å². The number of aryl methyl sites for hydroxylation is 2. The fourth-order valence-electron chi connectivity index (χ4n) is 5.21. The summed E-state index contributed by atoms with van der Waals surface area (Å²) in [6.45, 7) is 7.57. The zero-order valence-electron chi connectivity index (χ0n) is 25.9. The SMILES string of the molecule is Cc1noc(C)c1NC(=O)Nc1ccc2c(c1)CC(=O)N([C@@H](C)CO)C[C@@H](C)[C@@H](CN(C)C(=O)Nc1ccc3c(c1)OCO3)O2. The van der Waals surface area contributed by atoms with E-state index in [0.29, 0.717) is 57.9 Å². The van der Waals surface area contributed by atoms with E-state index in [2.05, 4.69) is 21.1 Å². The van der Waals surface area contributed by atoms with Gasteiger partial charge in [-0.25, -0.2) is 9.59 Å². The third-order valence-electron chi connectivity index (χ3n) is 7.87. The normalized spacial score (nSPS) is 18.1. The number of fused-ring (bicyclic) bond motifs is 2. The Kier molecular flexibility index (Phi) is 9.32. The number of likely N-dealkylation sites (N-methyl/N-ethyl adjacent to an activating group) is 1. The van der Waals surface area contributed by atoms with E-state index in [1.54, 1.807) is 69.1 Å². The average Bonchev–Trinajstić information content (AvgIpc) is 3.61. The van der Waals surface area contributed by atoms with Gasteiger partial charge >= 0.3 is 12.1 Å². The Morgan fingerprint density at radius 1 is 1.07 bits per heavy atom. The summed E-state index contributed by atoms with van der Waals surface area (Å²) in [4.78, 5) is 42.6. The third-order valence-corrected chi connectivity index (χ3v) is 7.87. The molecule has 0 fully saturated rings. The van der Waals surface area contributed by atoms with Gasteiger partial charge in [-0.3, -0.25) is 4.79 Å². The maximum atomic E-state index is 13.5. The van der Waals surface area contributed by atoms with Gasteiger partial charge in [-0.15, -0.1) is 0 Å². The monoisotopic (exact) mass is 622 g/mol. The molecule has 240 valence electrons. The predicted octanol–water partition coefficient (Wildman–Crippen LogP) is 3.98. The van der Waals surface area contributed by atoms with Crippen molar-refractivity contribution in [2.75, 3.05) is 49.5 Å². The summed E-state index contributed by atoms with van der Waals surface area (Å²) in [7, 11) is 1.66. The second-order valence-corrected chi connectivity index (χ2v) is 11.4. The number of hydrogen-bond donors (Lipinski definition) is 4. The highest BCUT2D eigenvalue weighted by Gasteiger charge is 2.32. The molecule has 2 aliphatic rings. The molecule has 14 nitrogen and oxygen atoms in total. The van der Waals surface area contributed by atoms with Crippen LogP contribution in [0.15, 0.2) is 40.9 Å². The first-order valence-corrected chi connectivity index (χ1v) is 14.6. The quantitative estimate of drug-likeness (QED) is 0.305. The molecule has 5 rings (SSSR count). The highest BCUT2D eigenvalue weighted by molar-refractivity contribution is 6.00. The van der Waals surface area contributed by atoms with Gasteiger partial charge in [-0.2, -0.15) is 0 Å². The molecule has 5 amide bonds. The van der Waals surface area contributed by atoms with Crippen molar-refractivity contribution >= 4 is 35.0 Å². The van der Waals surface area contributed by atoms with Gasteiger partial charge in [0.25, 0.3) is 0 Å². The Labute approximate surface area is 260 Å². The van der Waals surface area contributed by atoms with E-state index >= 15 is 0 Å². The van der Waals surface area contributed by atoms with Gasteiger partial charge < -0.3 is 49.6 Å². The van der Waals surface area contributed by atoms with Gasteiger partial charge in [-0.1, -0.05) is 12.1 Å². The molecule has 45 heavy (non-hydrogen) atoms. The fraction of sp³-hybridized carbons (Fsp3) is 0.419. The Hall–Kier alpha value is -4.98. The van der Waals surface area contributed by atoms with Crippen molar-refractivity contribution in [2.24, 2.45) is 5.92 Å². The molecule has 0 unspecified atom stereocenters. The standard InChI is InChI=1S/C31H38N6O8/c1-17-13-37(18(2)15-38)28(39)11-21-10-22(32-30(40)34-29-19(3)35-45-20(29)4)6-8-24(21)44-27(17)14-36(5)31(41)33-23-7-9-25-26(12-23)43-16-42-25/h6-10,12,17-18,27,38H,11,13-16H2,1-5H3,(H,33,41)(H2,32,34,40)/t17-,18+,27-/m1/s1. The molecular weight excluding hydrogens is 584 g/mol. The Bertz CT molecular complexity index is 1560. The van der Waals surface area contributed by atoms with Crippen molar-refractivity contribution in [3.05, 3.63) is 53.4 Å². The molecule has 0 aliphatic carbocycles. The van der Waals surface area contributed by atoms with Gasteiger partial charge in [0.15, 0.2) is 17.3 Å². The number of hydrogen-bond acceptors (Lipinski definition) is 9. The lowest BCUT2D eigenvalue weighted by Gasteiger charge is -2.34. The molecule has 3 heterocycles. The lowest BCUT2D eigenvalue weighted by atomic mass is 10.0. The zero-order chi connectivity index (χ0) is 32.2. The molecule has 1 aromatic heterocycles. The van der Waals surface area contributed by atoms with Crippen molar-refractivity contribution in [3.8, 4) is 17.2 Å². The molecule has 2 aromatic carbocycles. The number of nitrogens with one attached hydrogen (secondary N) is 3. The van der Waals surface area contributed by atoms with Crippen LogP contribution in [0.1, 0.15) is 30.9 Å². The maximum absolute atomic E-state index is 13.5. The van der Waals surface area contributed by atoms with Gasteiger partial charge in [0.2, 0.25) is 12.7 Å². The highest BCUT2D eigenvalue weighted by atomic mass is 16.7. The number of aromatic nitrogens is 1.